The van der Waals surface area contributed by atoms with Gasteiger partial charge >= 0.3 is 0 Å². The van der Waals surface area contributed by atoms with Crippen molar-refractivity contribution in [2.24, 2.45) is 0 Å². The van der Waals surface area contributed by atoms with E-state index in [1.54, 1.807) is 0 Å². The number of hydrogen-bond acceptors (Lipinski definition) is 2. The van der Waals surface area contributed by atoms with E-state index >= 15 is 0 Å². The van der Waals surface area contributed by atoms with E-state index in [0.29, 0.717) is 19.3 Å². The molecule has 2 amide bonds. The SMILES string of the molecule is CCCCCCCCCCCCCC(=O)NNC(=O)CCc1ccccc1. The van der Waals surface area contributed by atoms with Crippen LogP contribution < -0.4 is 10.9 Å². The van der Waals surface area contributed by atoms with E-state index in [4.69, 9.17) is 0 Å². The third kappa shape index (κ3) is 14.0. The van der Waals surface area contributed by atoms with Crippen LogP contribution in [0, 0.1) is 0 Å². The maximum atomic E-state index is 11.8. The summed E-state index contributed by atoms with van der Waals surface area (Å²) in [5, 5.41) is 0. The molecule has 4 nitrogen and oxygen atoms in total. The van der Waals surface area contributed by atoms with Gasteiger partial charge in [-0.05, 0) is 18.4 Å². The van der Waals surface area contributed by atoms with Gasteiger partial charge in [0.25, 0.3) is 0 Å². The summed E-state index contributed by atoms with van der Waals surface area (Å²) >= 11 is 0. The predicted octanol–water partition coefficient (Wildman–Crippen LogP) is 5.47. The van der Waals surface area contributed by atoms with Crippen molar-refractivity contribution in [1.29, 1.82) is 0 Å². The lowest BCUT2D eigenvalue weighted by atomic mass is 10.1. The molecule has 0 bridgehead atoms. The number of hydrogen-bond donors (Lipinski definition) is 2. The molecule has 1 aromatic rings. The molecule has 0 heterocycles. The second-order valence-electron chi connectivity index (χ2n) is 7.37. The van der Waals surface area contributed by atoms with Crippen LogP contribution in [0.4, 0.5) is 0 Å². The minimum Gasteiger partial charge on any atom is -0.273 e. The molecule has 0 aliphatic heterocycles. The van der Waals surface area contributed by atoms with E-state index in [2.05, 4.69) is 17.8 Å². The van der Waals surface area contributed by atoms with Gasteiger partial charge in [0.2, 0.25) is 11.8 Å². The molecular weight excluding hydrogens is 336 g/mol. The molecule has 0 fully saturated rings. The molecule has 0 unspecified atom stereocenters. The van der Waals surface area contributed by atoms with Crippen LogP contribution in [0.2, 0.25) is 0 Å². The first-order valence-corrected chi connectivity index (χ1v) is 10.8. The first kappa shape index (κ1) is 23.2. The monoisotopic (exact) mass is 374 g/mol. The molecule has 2 N–H and O–H groups in total. The fraction of sp³-hybridized carbons (Fsp3) is 0.652. The van der Waals surface area contributed by atoms with Crippen LogP contribution in [0.5, 0.6) is 0 Å². The molecule has 0 radical (unpaired) electrons. The number of aryl methyl sites for hydroxylation is 1. The molecule has 0 aromatic heterocycles. The lowest BCUT2D eigenvalue weighted by molar-refractivity contribution is -0.128. The Kier molecular flexibility index (Phi) is 14.0. The van der Waals surface area contributed by atoms with Crippen LogP contribution in [0.15, 0.2) is 30.3 Å². The smallest absolute Gasteiger partial charge is 0.238 e. The summed E-state index contributed by atoms with van der Waals surface area (Å²) in [4.78, 5) is 23.5. The molecule has 0 atom stereocenters. The Morgan fingerprint density at radius 3 is 1.70 bits per heavy atom. The quantitative estimate of drug-likeness (QED) is 0.316. The number of rotatable bonds is 15. The van der Waals surface area contributed by atoms with E-state index in [0.717, 1.165) is 18.4 Å². The Bertz CT molecular complexity index is 502. The Morgan fingerprint density at radius 1 is 0.667 bits per heavy atom. The summed E-state index contributed by atoms with van der Waals surface area (Å²) in [5.74, 6) is -0.245. The predicted molar refractivity (Wildman–Crippen MR) is 112 cm³/mol. The average molecular weight is 375 g/mol. The lowest BCUT2D eigenvalue weighted by Crippen LogP contribution is -2.41. The van der Waals surface area contributed by atoms with Gasteiger partial charge in [0.1, 0.15) is 0 Å². The standard InChI is InChI=1S/C23H38N2O2/c1-2-3-4-5-6-7-8-9-10-11-15-18-22(26)24-25-23(27)20-19-21-16-13-12-14-17-21/h12-14,16-17H,2-11,15,18-20H2,1H3,(H,24,26)(H,25,27). The third-order valence-corrected chi connectivity index (χ3v) is 4.83. The summed E-state index contributed by atoms with van der Waals surface area (Å²) in [6, 6.07) is 9.88. The zero-order valence-corrected chi connectivity index (χ0v) is 17.1. The average Bonchev–Trinajstić information content (AvgIpc) is 2.69. The molecule has 27 heavy (non-hydrogen) atoms. The Morgan fingerprint density at radius 2 is 1.15 bits per heavy atom. The largest absolute Gasteiger partial charge is 0.273 e. The molecule has 4 heteroatoms. The number of hydrazine groups is 1. The minimum absolute atomic E-state index is 0.0982. The minimum atomic E-state index is -0.147. The number of nitrogens with one attached hydrogen (secondary N) is 2. The third-order valence-electron chi connectivity index (χ3n) is 4.83. The molecular formula is C23H38N2O2. The number of benzene rings is 1. The maximum absolute atomic E-state index is 11.8. The van der Waals surface area contributed by atoms with E-state index < -0.39 is 0 Å². The summed E-state index contributed by atoms with van der Waals surface area (Å²) in [7, 11) is 0. The van der Waals surface area contributed by atoms with Gasteiger partial charge in [-0.2, -0.15) is 0 Å². The van der Waals surface area contributed by atoms with Gasteiger partial charge in [-0.1, -0.05) is 101 Å². The fourth-order valence-corrected chi connectivity index (χ4v) is 3.12. The van der Waals surface area contributed by atoms with Gasteiger partial charge in [0.05, 0.1) is 0 Å². The lowest BCUT2D eigenvalue weighted by Gasteiger charge is -2.07. The second-order valence-corrected chi connectivity index (χ2v) is 7.37. The first-order chi connectivity index (χ1) is 13.2. The van der Waals surface area contributed by atoms with E-state index in [1.807, 2.05) is 30.3 Å². The molecule has 1 rings (SSSR count). The van der Waals surface area contributed by atoms with Crippen LogP contribution >= 0.6 is 0 Å². The van der Waals surface area contributed by atoms with Crippen LogP contribution in [0.25, 0.3) is 0 Å². The Balaban J connectivity index is 1.89. The highest BCUT2D eigenvalue weighted by Crippen LogP contribution is 2.11. The van der Waals surface area contributed by atoms with Crippen LogP contribution in [-0.2, 0) is 16.0 Å². The van der Waals surface area contributed by atoms with Crippen LogP contribution in [0.3, 0.4) is 0 Å². The Labute approximate surface area is 165 Å². The number of carbonyl (C=O) groups is 2. The summed E-state index contributed by atoms with van der Waals surface area (Å²) in [6.45, 7) is 2.25. The highest BCUT2D eigenvalue weighted by Gasteiger charge is 2.05. The molecule has 0 saturated heterocycles. The first-order valence-electron chi connectivity index (χ1n) is 10.8. The molecule has 0 aliphatic rings. The van der Waals surface area contributed by atoms with Gasteiger partial charge in [-0.15, -0.1) is 0 Å². The van der Waals surface area contributed by atoms with E-state index in [1.165, 1.54) is 57.8 Å². The van der Waals surface area contributed by atoms with Gasteiger partial charge < -0.3 is 0 Å². The van der Waals surface area contributed by atoms with Crippen LogP contribution in [-0.4, -0.2) is 11.8 Å². The van der Waals surface area contributed by atoms with E-state index in [9.17, 15) is 9.59 Å². The molecule has 0 spiro atoms. The molecule has 0 aliphatic carbocycles. The number of amides is 2. The van der Waals surface area contributed by atoms with Crippen molar-refractivity contribution >= 4 is 11.8 Å². The maximum Gasteiger partial charge on any atom is 0.238 e. The highest BCUT2D eigenvalue weighted by molar-refractivity contribution is 5.81. The van der Waals surface area contributed by atoms with E-state index in [-0.39, 0.29) is 11.8 Å². The van der Waals surface area contributed by atoms with Crippen molar-refractivity contribution in [3.8, 4) is 0 Å². The van der Waals surface area contributed by atoms with Gasteiger partial charge in [-0.3, -0.25) is 20.4 Å². The topological polar surface area (TPSA) is 58.2 Å². The molecule has 0 saturated carbocycles. The number of unbranched alkanes of at least 4 members (excludes halogenated alkanes) is 10. The Hall–Kier alpha value is -1.84. The van der Waals surface area contributed by atoms with Crippen molar-refractivity contribution in [2.75, 3.05) is 0 Å². The summed E-state index contributed by atoms with van der Waals surface area (Å²) < 4.78 is 0. The van der Waals surface area contributed by atoms with Crippen molar-refractivity contribution < 1.29 is 9.59 Å². The fourth-order valence-electron chi connectivity index (χ4n) is 3.12. The van der Waals surface area contributed by atoms with Crippen LogP contribution in [0.1, 0.15) is 96.0 Å². The van der Waals surface area contributed by atoms with Gasteiger partial charge in [0.15, 0.2) is 0 Å². The van der Waals surface area contributed by atoms with Gasteiger partial charge in [0, 0.05) is 12.8 Å². The molecule has 152 valence electrons. The normalized spacial score (nSPS) is 10.6. The van der Waals surface area contributed by atoms with Crippen molar-refractivity contribution in [2.45, 2.75) is 96.8 Å². The summed E-state index contributed by atoms with van der Waals surface area (Å²) in [5.41, 5.74) is 6.14. The van der Waals surface area contributed by atoms with Crippen molar-refractivity contribution in [1.82, 2.24) is 10.9 Å². The van der Waals surface area contributed by atoms with Crippen molar-refractivity contribution in [3.63, 3.8) is 0 Å². The highest BCUT2D eigenvalue weighted by atomic mass is 16.2. The number of carbonyl (C=O) groups excluding carboxylic acids is 2. The molecule has 1 aromatic carbocycles. The summed E-state index contributed by atoms with van der Waals surface area (Å²) in [6.07, 6.45) is 15.5. The van der Waals surface area contributed by atoms with Crippen molar-refractivity contribution in [3.05, 3.63) is 35.9 Å². The second kappa shape index (κ2) is 16.3. The zero-order valence-electron chi connectivity index (χ0n) is 17.1. The van der Waals surface area contributed by atoms with Gasteiger partial charge in [-0.25, -0.2) is 0 Å². The zero-order chi connectivity index (χ0) is 19.6.